The number of carbonyl (C=O) groups is 2. The molecule has 0 aromatic heterocycles. The second-order valence-corrected chi connectivity index (χ2v) is 8.06. The van der Waals surface area contributed by atoms with E-state index in [1.165, 1.54) is 0 Å². The lowest BCUT2D eigenvalue weighted by Gasteiger charge is -2.15. The molecule has 4 rings (SSSR count). The maximum atomic E-state index is 13.5. The minimum absolute atomic E-state index is 0.175. The van der Waals surface area contributed by atoms with E-state index < -0.39 is 11.8 Å². The fourth-order valence-electron chi connectivity index (χ4n) is 3.44. The van der Waals surface area contributed by atoms with Gasteiger partial charge in [0.05, 0.1) is 17.9 Å². The van der Waals surface area contributed by atoms with Crippen LogP contribution in [0.2, 0.25) is 10.0 Å². The highest BCUT2D eigenvalue weighted by molar-refractivity contribution is 6.46. The Bertz CT molecular complexity index is 1220. The summed E-state index contributed by atoms with van der Waals surface area (Å²) in [6.07, 6.45) is 0. The number of imide groups is 1. The Kier molecular flexibility index (Phi) is 6.21. The predicted octanol–water partition coefficient (Wildman–Crippen LogP) is 6.10. The van der Waals surface area contributed by atoms with Gasteiger partial charge in [0, 0.05) is 15.7 Å². The number of aryl methyl sites for hydroxylation is 1. The first kappa shape index (κ1) is 21.9. The summed E-state index contributed by atoms with van der Waals surface area (Å²) in [4.78, 5) is 28.0. The number of nitrogens with one attached hydrogen (secondary N) is 1. The fourth-order valence-corrected chi connectivity index (χ4v) is 3.74. The van der Waals surface area contributed by atoms with Crippen LogP contribution in [0.1, 0.15) is 18.1 Å². The zero-order valence-electron chi connectivity index (χ0n) is 17.5. The lowest BCUT2D eigenvalue weighted by molar-refractivity contribution is -0.120. The molecule has 162 valence electrons. The van der Waals surface area contributed by atoms with Crippen molar-refractivity contribution in [1.29, 1.82) is 0 Å². The number of anilines is 2. The molecule has 0 radical (unpaired) electrons. The molecular formula is C25H20Cl2N2O3. The van der Waals surface area contributed by atoms with Crippen molar-refractivity contribution >= 4 is 52.0 Å². The van der Waals surface area contributed by atoms with E-state index >= 15 is 0 Å². The van der Waals surface area contributed by atoms with Crippen molar-refractivity contribution in [3.63, 3.8) is 0 Å². The van der Waals surface area contributed by atoms with Gasteiger partial charge in [-0.2, -0.15) is 0 Å². The highest BCUT2D eigenvalue weighted by atomic mass is 35.5. The lowest BCUT2D eigenvalue weighted by atomic mass is 10.0. The SMILES string of the molecule is CCOc1ccc(C2=C(Nc3ccc(C)c(Cl)c3)C(=O)N(c3ccc(Cl)cc3)C2=O)cc1. The normalized spacial score (nSPS) is 13.7. The standard InChI is InChI=1S/C25H20Cl2N2O3/c1-3-32-20-12-5-16(6-13-20)22-23(28-18-9-4-15(2)21(27)14-18)25(31)29(24(22)30)19-10-7-17(26)8-11-19/h4-14,28H,3H2,1-2H3. The van der Waals surface area contributed by atoms with Crippen molar-refractivity contribution in [3.8, 4) is 5.75 Å². The second kappa shape index (κ2) is 9.07. The predicted molar refractivity (Wildman–Crippen MR) is 128 cm³/mol. The van der Waals surface area contributed by atoms with Crippen LogP contribution >= 0.6 is 23.2 Å². The molecule has 0 unspecified atom stereocenters. The average Bonchev–Trinajstić information content (AvgIpc) is 3.02. The molecule has 0 atom stereocenters. The van der Waals surface area contributed by atoms with Crippen LogP contribution in [0.3, 0.4) is 0 Å². The number of halogens is 2. The molecule has 0 spiro atoms. The Morgan fingerprint density at radius 2 is 1.59 bits per heavy atom. The molecule has 0 fully saturated rings. The first-order valence-electron chi connectivity index (χ1n) is 10.0. The number of hydrogen-bond donors (Lipinski definition) is 1. The van der Waals surface area contributed by atoms with Gasteiger partial charge in [-0.15, -0.1) is 0 Å². The molecule has 3 aromatic rings. The van der Waals surface area contributed by atoms with Gasteiger partial charge in [-0.1, -0.05) is 41.4 Å². The summed E-state index contributed by atoms with van der Waals surface area (Å²) in [7, 11) is 0. The highest BCUT2D eigenvalue weighted by Crippen LogP contribution is 2.35. The van der Waals surface area contributed by atoms with E-state index in [2.05, 4.69) is 5.32 Å². The highest BCUT2D eigenvalue weighted by Gasteiger charge is 2.40. The summed E-state index contributed by atoms with van der Waals surface area (Å²) in [6, 6.07) is 19.0. The van der Waals surface area contributed by atoms with Crippen molar-refractivity contribution in [2.45, 2.75) is 13.8 Å². The Balaban J connectivity index is 1.79. The Hall–Kier alpha value is -3.28. The Morgan fingerprint density at radius 1 is 0.906 bits per heavy atom. The van der Waals surface area contributed by atoms with Gasteiger partial charge in [0.2, 0.25) is 0 Å². The van der Waals surface area contributed by atoms with Crippen LogP contribution in [-0.4, -0.2) is 18.4 Å². The minimum atomic E-state index is -0.460. The molecule has 0 bridgehead atoms. The van der Waals surface area contributed by atoms with Crippen molar-refractivity contribution in [3.05, 3.63) is 93.6 Å². The van der Waals surface area contributed by atoms with Gasteiger partial charge in [-0.3, -0.25) is 9.59 Å². The lowest BCUT2D eigenvalue weighted by Crippen LogP contribution is -2.32. The first-order valence-corrected chi connectivity index (χ1v) is 10.8. The maximum Gasteiger partial charge on any atom is 0.282 e. The van der Waals surface area contributed by atoms with Crippen molar-refractivity contribution in [1.82, 2.24) is 0 Å². The molecule has 1 aliphatic rings. The number of amides is 2. The van der Waals surface area contributed by atoms with Crippen LogP contribution in [0.15, 0.2) is 72.4 Å². The van der Waals surface area contributed by atoms with Crippen molar-refractivity contribution in [2.75, 3.05) is 16.8 Å². The quantitative estimate of drug-likeness (QED) is 0.446. The summed E-state index contributed by atoms with van der Waals surface area (Å²) < 4.78 is 5.50. The van der Waals surface area contributed by atoms with Crippen LogP contribution in [0.5, 0.6) is 5.75 Å². The van der Waals surface area contributed by atoms with E-state index in [0.29, 0.717) is 39.3 Å². The van der Waals surface area contributed by atoms with Crippen molar-refractivity contribution < 1.29 is 14.3 Å². The van der Waals surface area contributed by atoms with Crippen LogP contribution in [0.25, 0.3) is 5.57 Å². The van der Waals surface area contributed by atoms with Gasteiger partial charge in [-0.25, -0.2) is 4.90 Å². The van der Waals surface area contributed by atoms with Crippen LogP contribution in [0.4, 0.5) is 11.4 Å². The third-order valence-corrected chi connectivity index (χ3v) is 5.72. The fraction of sp³-hybridized carbons (Fsp3) is 0.120. The number of rotatable bonds is 6. The number of ether oxygens (including phenoxy) is 1. The van der Waals surface area contributed by atoms with Crippen LogP contribution < -0.4 is 15.0 Å². The Labute approximate surface area is 196 Å². The second-order valence-electron chi connectivity index (χ2n) is 7.22. The van der Waals surface area contributed by atoms with Crippen LogP contribution in [0, 0.1) is 6.92 Å². The largest absolute Gasteiger partial charge is 0.494 e. The summed E-state index contributed by atoms with van der Waals surface area (Å²) >= 11 is 12.2. The molecule has 7 heteroatoms. The van der Waals surface area contributed by atoms with E-state index in [1.54, 1.807) is 54.6 Å². The molecule has 1 N–H and O–H groups in total. The maximum absolute atomic E-state index is 13.5. The molecule has 0 saturated heterocycles. The average molecular weight is 467 g/mol. The molecule has 0 saturated carbocycles. The molecule has 1 aliphatic heterocycles. The molecular weight excluding hydrogens is 447 g/mol. The summed E-state index contributed by atoms with van der Waals surface area (Å²) in [5, 5.41) is 4.19. The zero-order valence-corrected chi connectivity index (χ0v) is 19.0. The summed E-state index contributed by atoms with van der Waals surface area (Å²) in [5.74, 6) is -0.205. The van der Waals surface area contributed by atoms with Crippen molar-refractivity contribution in [2.24, 2.45) is 0 Å². The van der Waals surface area contributed by atoms with Crippen LogP contribution in [-0.2, 0) is 9.59 Å². The van der Waals surface area contributed by atoms with Gasteiger partial charge in [-0.05, 0) is 73.5 Å². The van der Waals surface area contributed by atoms with Gasteiger partial charge in [0.1, 0.15) is 11.4 Å². The van der Waals surface area contributed by atoms with E-state index in [4.69, 9.17) is 27.9 Å². The van der Waals surface area contributed by atoms with Gasteiger partial charge in [0.25, 0.3) is 11.8 Å². The number of nitrogens with zero attached hydrogens (tertiary/aromatic N) is 1. The van der Waals surface area contributed by atoms with Gasteiger partial charge in [0.15, 0.2) is 0 Å². The minimum Gasteiger partial charge on any atom is -0.494 e. The molecule has 0 aliphatic carbocycles. The number of carbonyl (C=O) groups excluding carboxylic acids is 2. The first-order chi connectivity index (χ1) is 15.4. The summed E-state index contributed by atoms with van der Waals surface area (Å²) in [6.45, 7) is 4.32. The number of benzene rings is 3. The molecule has 32 heavy (non-hydrogen) atoms. The zero-order chi connectivity index (χ0) is 22.8. The monoisotopic (exact) mass is 466 g/mol. The molecule has 3 aromatic carbocycles. The van der Waals surface area contributed by atoms with E-state index in [1.807, 2.05) is 26.0 Å². The van der Waals surface area contributed by atoms with Gasteiger partial charge >= 0.3 is 0 Å². The topological polar surface area (TPSA) is 58.6 Å². The smallest absolute Gasteiger partial charge is 0.282 e. The van der Waals surface area contributed by atoms with E-state index in [-0.39, 0.29) is 11.3 Å². The molecule has 1 heterocycles. The van der Waals surface area contributed by atoms with Gasteiger partial charge < -0.3 is 10.1 Å². The third-order valence-electron chi connectivity index (χ3n) is 5.06. The summed E-state index contributed by atoms with van der Waals surface area (Å²) in [5.41, 5.74) is 3.00. The van der Waals surface area contributed by atoms with E-state index in [0.717, 1.165) is 10.5 Å². The Morgan fingerprint density at radius 3 is 2.22 bits per heavy atom. The molecule has 5 nitrogen and oxygen atoms in total. The molecule has 2 amide bonds. The third kappa shape index (κ3) is 4.22. The van der Waals surface area contributed by atoms with E-state index in [9.17, 15) is 9.59 Å². The number of hydrogen-bond acceptors (Lipinski definition) is 4.